The van der Waals surface area contributed by atoms with Gasteiger partial charge in [-0.2, -0.15) is 0 Å². The number of likely N-dealkylation sites (N-methyl/N-ethyl adjacent to an activating group) is 1. The molecule has 2 rings (SSSR count). The van der Waals surface area contributed by atoms with Crippen LogP contribution in [0, 0.1) is 10.1 Å². The van der Waals surface area contributed by atoms with Gasteiger partial charge in [0.2, 0.25) is 11.8 Å². The lowest BCUT2D eigenvalue weighted by Gasteiger charge is -2.20. The number of carbonyl (C=O) groups is 2. The minimum absolute atomic E-state index is 0.0462. The molecule has 0 heterocycles. The Morgan fingerprint density at radius 3 is 2.19 bits per heavy atom. The summed E-state index contributed by atoms with van der Waals surface area (Å²) in [5, 5.41) is 16.6. The second-order valence-electron chi connectivity index (χ2n) is 6.00. The predicted octanol–water partition coefficient (Wildman–Crippen LogP) is 3.01. The highest BCUT2D eigenvalue weighted by Gasteiger charge is 2.17. The Balaban J connectivity index is 1.97. The van der Waals surface area contributed by atoms with E-state index in [1.165, 1.54) is 13.0 Å². The Kier molecular flexibility index (Phi) is 7.01. The first-order chi connectivity index (χ1) is 12.9. The molecular formula is C19H22N4O4. The summed E-state index contributed by atoms with van der Waals surface area (Å²) < 4.78 is 0. The number of nitro groups is 1. The van der Waals surface area contributed by atoms with Gasteiger partial charge in [-0.15, -0.1) is 0 Å². The zero-order valence-electron chi connectivity index (χ0n) is 15.3. The Bertz CT molecular complexity index is 821. The highest BCUT2D eigenvalue weighted by Crippen LogP contribution is 2.19. The summed E-state index contributed by atoms with van der Waals surface area (Å²) in [5.41, 5.74) is 1.87. The minimum atomic E-state index is -0.417. The highest BCUT2D eigenvalue weighted by atomic mass is 16.6. The van der Waals surface area contributed by atoms with Crippen molar-refractivity contribution in [1.29, 1.82) is 0 Å². The standard InChI is InChI=1S/C19H22N4O4/c1-3-22(12-15-6-4-5-7-18(15)23(26)27)13-19(25)21-17-10-8-16(9-11-17)20-14(2)24/h4-11H,3,12-13H2,1-2H3,(H,20,24)(H,21,25). The van der Waals surface area contributed by atoms with Gasteiger partial charge in [-0.25, -0.2) is 0 Å². The Hall–Kier alpha value is -3.26. The minimum Gasteiger partial charge on any atom is -0.326 e. The fraction of sp³-hybridized carbons (Fsp3) is 0.263. The van der Waals surface area contributed by atoms with Crippen molar-refractivity contribution < 1.29 is 14.5 Å². The number of nitrogens with zero attached hydrogens (tertiary/aromatic N) is 2. The van der Waals surface area contributed by atoms with Crippen LogP contribution < -0.4 is 10.6 Å². The number of carbonyl (C=O) groups excluding carboxylic acids is 2. The monoisotopic (exact) mass is 370 g/mol. The van der Waals surface area contributed by atoms with Gasteiger partial charge in [0.1, 0.15) is 0 Å². The highest BCUT2D eigenvalue weighted by molar-refractivity contribution is 5.93. The van der Waals surface area contributed by atoms with Crippen LogP contribution in [0.1, 0.15) is 19.4 Å². The molecule has 0 bridgehead atoms. The number of benzene rings is 2. The summed E-state index contributed by atoms with van der Waals surface area (Å²) >= 11 is 0. The second kappa shape index (κ2) is 9.44. The molecule has 2 aromatic carbocycles. The van der Waals surface area contributed by atoms with Crippen LogP contribution in [0.2, 0.25) is 0 Å². The first kappa shape index (κ1) is 20.1. The third-order valence-electron chi connectivity index (χ3n) is 3.89. The van der Waals surface area contributed by atoms with Gasteiger partial charge in [0.05, 0.1) is 11.5 Å². The van der Waals surface area contributed by atoms with E-state index in [-0.39, 0.29) is 24.0 Å². The second-order valence-corrected chi connectivity index (χ2v) is 6.00. The molecule has 0 unspecified atom stereocenters. The fourth-order valence-corrected chi connectivity index (χ4v) is 2.59. The molecule has 8 nitrogen and oxygen atoms in total. The average molecular weight is 370 g/mol. The normalized spacial score (nSPS) is 10.5. The summed E-state index contributed by atoms with van der Waals surface area (Å²) in [5.74, 6) is -0.386. The fourth-order valence-electron chi connectivity index (χ4n) is 2.59. The number of nitro benzene ring substituents is 1. The lowest BCUT2D eigenvalue weighted by Crippen LogP contribution is -2.32. The smallest absolute Gasteiger partial charge is 0.273 e. The van der Waals surface area contributed by atoms with E-state index < -0.39 is 4.92 Å². The zero-order valence-corrected chi connectivity index (χ0v) is 15.3. The molecule has 0 saturated heterocycles. The molecule has 2 aromatic rings. The van der Waals surface area contributed by atoms with Crippen LogP contribution in [0.5, 0.6) is 0 Å². The van der Waals surface area contributed by atoms with Gasteiger partial charge in [0, 0.05) is 36.5 Å². The maximum absolute atomic E-state index is 12.3. The van der Waals surface area contributed by atoms with Crippen LogP contribution in [0.4, 0.5) is 17.1 Å². The van der Waals surface area contributed by atoms with Crippen molar-refractivity contribution in [2.24, 2.45) is 0 Å². The first-order valence-electron chi connectivity index (χ1n) is 8.51. The van der Waals surface area contributed by atoms with Crippen LogP contribution in [0.15, 0.2) is 48.5 Å². The molecule has 0 aliphatic heterocycles. The van der Waals surface area contributed by atoms with Crippen LogP contribution in [-0.4, -0.2) is 34.7 Å². The Morgan fingerprint density at radius 1 is 1.04 bits per heavy atom. The number of anilines is 2. The quantitative estimate of drug-likeness (QED) is 0.549. The van der Waals surface area contributed by atoms with E-state index in [2.05, 4.69) is 10.6 Å². The number of hydrogen-bond acceptors (Lipinski definition) is 5. The summed E-state index contributed by atoms with van der Waals surface area (Å²) in [7, 11) is 0. The van der Waals surface area contributed by atoms with E-state index in [1.807, 2.05) is 11.8 Å². The lowest BCUT2D eigenvalue weighted by molar-refractivity contribution is -0.385. The molecule has 8 heteroatoms. The largest absolute Gasteiger partial charge is 0.326 e. The number of amides is 2. The van der Waals surface area contributed by atoms with Crippen LogP contribution in [-0.2, 0) is 16.1 Å². The maximum atomic E-state index is 12.3. The van der Waals surface area contributed by atoms with Crippen molar-refractivity contribution in [3.63, 3.8) is 0 Å². The lowest BCUT2D eigenvalue weighted by atomic mass is 10.1. The molecule has 27 heavy (non-hydrogen) atoms. The van der Waals surface area contributed by atoms with Gasteiger partial charge in [-0.05, 0) is 30.8 Å². The van der Waals surface area contributed by atoms with E-state index in [4.69, 9.17) is 0 Å². The van der Waals surface area contributed by atoms with E-state index >= 15 is 0 Å². The molecule has 0 spiro atoms. The molecule has 0 aromatic heterocycles. The molecular weight excluding hydrogens is 348 g/mol. The molecule has 0 aliphatic rings. The predicted molar refractivity (Wildman–Crippen MR) is 103 cm³/mol. The molecule has 0 aliphatic carbocycles. The Morgan fingerprint density at radius 2 is 1.63 bits per heavy atom. The number of nitrogens with one attached hydrogen (secondary N) is 2. The first-order valence-corrected chi connectivity index (χ1v) is 8.51. The number of hydrogen-bond donors (Lipinski definition) is 2. The van der Waals surface area contributed by atoms with Gasteiger partial charge in [-0.1, -0.05) is 25.1 Å². The van der Waals surface area contributed by atoms with Gasteiger partial charge < -0.3 is 10.6 Å². The van der Waals surface area contributed by atoms with Crippen molar-refractivity contribution in [2.75, 3.05) is 23.7 Å². The van der Waals surface area contributed by atoms with E-state index in [0.29, 0.717) is 30.0 Å². The van der Waals surface area contributed by atoms with Crippen molar-refractivity contribution in [2.45, 2.75) is 20.4 Å². The van der Waals surface area contributed by atoms with E-state index in [9.17, 15) is 19.7 Å². The molecule has 2 N–H and O–H groups in total. The molecule has 142 valence electrons. The Labute approximate surface area is 157 Å². The third kappa shape index (κ3) is 6.19. The SMILES string of the molecule is CCN(CC(=O)Nc1ccc(NC(C)=O)cc1)Cc1ccccc1[N+](=O)[O-]. The summed E-state index contributed by atoms with van der Waals surface area (Å²) in [4.78, 5) is 35.9. The van der Waals surface area contributed by atoms with Crippen LogP contribution in [0.25, 0.3) is 0 Å². The number of para-hydroxylation sites is 1. The summed E-state index contributed by atoms with van der Waals surface area (Å²) in [6.45, 7) is 4.30. The van der Waals surface area contributed by atoms with Crippen LogP contribution in [0.3, 0.4) is 0 Å². The van der Waals surface area contributed by atoms with E-state index in [1.54, 1.807) is 42.5 Å². The molecule has 0 atom stereocenters. The third-order valence-corrected chi connectivity index (χ3v) is 3.89. The maximum Gasteiger partial charge on any atom is 0.273 e. The van der Waals surface area contributed by atoms with Gasteiger partial charge in [0.15, 0.2) is 0 Å². The summed E-state index contributed by atoms with van der Waals surface area (Å²) in [6.07, 6.45) is 0. The summed E-state index contributed by atoms with van der Waals surface area (Å²) in [6, 6.07) is 13.3. The average Bonchev–Trinajstić information content (AvgIpc) is 2.62. The van der Waals surface area contributed by atoms with Gasteiger partial charge >= 0.3 is 0 Å². The van der Waals surface area contributed by atoms with Crippen LogP contribution >= 0.6 is 0 Å². The topological polar surface area (TPSA) is 105 Å². The van der Waals surface area contributed by atoms with E-state index in [0.717, 1.165) is 0 Å². The van der Waals surface area contributed by atoms with Crippen molar-refractivity contribution in [1.82, 2.24) is 4.90 Å². The van der Waals surface area contributed by atoms with Crippen molar-refractivity contribution in [3.8, 4) is 0 Å². The number of rotatable bonds is 8. The van der Waals surface area contributed by atoms with Crippen molar-refractivity contribution >= 4 is 28.9 Å². The van der Waals surface area contributed by atoms with Crippen molar-refractivity contribution in [3.05, 3.63) is 64.2 Å². The molecule has 0 fully saturated rings. The molecule has 2 amide bonds. The molecule has 0 radical (unpaired) electrons. The van der Waals surface area contributed by atoms with Gasteiger partial charge in [-0.3, -0.25) is 24.6 Å². The van der Waals surface area contributed by atoms with Gasteiger partial charge in [0.25, 0.3) is 5.69 Å². The zero-order chi connectivity index (χ0) is 19.8. The molecule has 0 saturated carbocycles.